The molecule has 0 amide bonds. The van der Waals surface area contributed by atoms with Crippen molar-refractivity contribution in [1.29, 1.82) is 0 Å². The molecule has 0 saturated carbocycles. The topological polar surface area (TPSA) is 25.2 Å². The van der Waals surface area contributed by atoms with Gasteiger partial charge in [-0.25, -0.2) is 0 Å². The summed E-state index contributed by atoms with van der Waals surface area (Å²) in [5, 5.41) is 8.28. The summed E-state index contributed by atoms with van der Waals surface area (Å²) in [6, 6.07) is 46.7. The van der Waals surface area contributed by atoms with Crippen LogP contribution in [0.4, 0.5) is 11.4 Å². The Bertz CT molecular complexity index is 1860. The van der Waals surface area contributed by atoms with Gasteiger partial charge in [-0.2, -0.15) is 0 Å². The van der Waals surface area contributed by atoms with Gasteiger partial charge in [-0.15, -0.1) is 0 Å². The van der Waals surface area contributed by atoms with Crippen molar-refractivity contribution >= 4 is 44.1 Å². The second kappa shape index (κ2) is 8.44. The van der Waals surface area contributed by atoms with Crippen LogP contribution in [0, 0.1) is 0 Å². The Morgan fingerprint density at radius 1 is 0.444 bits per heavy atom. The van der Waals surface area contributed by atoms with Crippen molar-refractivity contribution in [2.24, 2.45) is 0 Å². The highest BCUT2D eigenvalue weighted by Gasteiger charge is 2.13. The van der Waals surface area contributed by atoms with Crippen LogP contribution < -0.4 is 5.32 Å². The summed E-state index contributed by atoms with van der Waals surface area (Å²) in [6.45, 7) is 0. The average molecular weight is 462 g/mol. The minimum Gasteiger partial charge on any atom is -0.455 e. The fourth-order valence-electron chi connectivity index (χ4n) is 5.13. The summed E-state index contributed by atoms with van der Waals surface area (Å²) in [5.41, 5.74) is 8.69. The fraction of sp³-hybridized carbons (Fsp3) is 0. The van der Waals surface area contributed by atoms with Crippen LogP contribution in [0.15, 0.2) is 138 Å². The van der Waals surface area contributed by atoms with Crippen molar-refractivity contribution in [3.8, 4) is 22.3 Å². The highest BCUT2D eigenvalue weighted by molar-refractivity contribution is 6.12. The number of nitrogens with one attached hydrogen (secondary N) is 1. The number of rotatable bonds is 4. The lowest BCUT2D eigenvalue weighted by atomic mass is 9.96. The maximum atomic E-state index is 6.32. The maximum Gasteiger partial charge on any atom is 0.143 e. The molecule has 1 heterocycles. The minimum absolute atomic E-state index is 0.921. The maximum absolute atomic E-state index is 6.32. The summed E-state index contributed by atoms with van der Waals surface area (Å²) in [4.78, 5) is 0. The Morgan fingerprint density at radius 2 is 1.17 bits per heavy atom. The van der Waals surface area contributed by atoms with Crippen molar-refractivity contribution < 1.29 is 4.42 Å². The lowest BCUT2D eigenvalue weighted by Crippen LogP contribution is -1.91. The van der Waals surface area contributed by atoms with Crippen LogP contribution in [0.1, 0.15) is 0 Å². The molecule has 2 heteroatoms. The molecule has 0 aliphatic rings. The number of hydrogen-bond donors (Lipinski definition) is 1. The first kappa shape index (κ1) is 20.5. The number of para-hydroxylation sites is 2. The normalized spacial score (nSPS) is 11.3. The molecule has 0 aliphatic carbocycles. The van der Waals surface area contributed by atoms with E-state index in [4.69, 9.17) is 4.42 Å². The first-order chi connectivity index (χ1) is 17.8. The van der Waals surface area contributed by atoms with E-state index in [1.807, 2.05) is 18.2 Å². The van der Waals surface area contributed by atoms with Gasteiger partial charge in [0.25, 0.3) is 0 Å². The molecule has 0 saturated heterocycles. The Hall–Kier alpha value is -4.82. The van der Waals surface area contributed by atoms with Crippen LogP contribution in [0.2, 0.25) is 0 Å². The van der Waals surface area contributed by atoms with Crippen LogP contribution in [0.25, 0.3) is 55.0 Å². The first-order valence-electron chi connectivity index (χ1n) is 12.2. The molecule has 7 aromatic rings. The average Bonchev–Trinajstić information content (AvgIpc) is 3.32. The van der Waals surface area contributed by atoms with Crippen molar-refractivity contribution in [1.82, 2.24) is 0 Å². The van der Waals surface area contributed by atoms with Gasteiger partial charge in [-0.1, -0.05) is 103 Å². The number of hydrogen-bond acceptors (Lipinski definition) is 2. The van der Waals surface area contributed by atoms with Gasteiger partial charge in [-0.3, -0.25) is 0 Å². The van der Waals surface area contributed by atoms with Crippen LogP contribution in [-0.2, 0) is 0 Å². The molecule has 0 spiro atoms. The lowest BCUT2D eigenvalue weighted by Gasteiger charge is -2.12. The molecular weight excluding hydrogens is 438 g/mol. The molecule has 2 nitrogen and oxygen atoms in total. The molecule has 0 fully saturated rings. The quantitative estimate of drug-likeness (QED) is 0.282. The van der Waals surface area contributed by atoms with E-state index in [9.17, 15) is 0 Å². The highest BCUT2D eigenvalue weighted by atomic mass is 16.3. The van der Waals surface area contributed by atoms with Gasteiger partial charge >= 0.3 is 0 Å². The monoisotopic (exact) mass is 461 g/mol. The van der Waals surface area contributed by atoms with Gasteiger partial charge in [0, 0.05) is 27.7 Å². The van der Waals surface area contributed by atoms with E-state index < -0.39 is 0 Å². The van der Waals surface area contributed by atoms with E-state index in [1.165, 1.54) is 27.5 Å². The van der Waals surface area contributed by atoms with E-state index in [-0.39, 0.29) is 0 Å². The second-order valence-corrected chi connectivity index (χ2v) is 9.09. The van der Waals surface area contributed by atoms with E-state index in [1.54, 1.807) is 0 Å². The predicted molar refractivity (Wildman–Crippen MR) is 152 cm³/mol. The molecule has 170 valence electrons. The van der Waals surface area contributed by atoms with Gasteiger partial charge in [0.15, 0.2) is 0 Å². The van der Waals surface area contributed by atoms with Gasteiger partial charge in [0.1, 0.15) is 11.2 Å². The number of furan rings is 1. The van der Waals surface area contributed by atoms with Crippen molar-refractivity contribution in [3.05, 3.63) is 133 Å². The van der Waals surface area contributed by atoms with E-state index in [0.29, 0.717) is 0 Å². The Morgan fingerprint density at radius 3 is 2.11 bits per heavy atom. The van der Waals surface area contributed by atoms with E-state index >= 15 is 0 Å². The molecule has 0 bridgehead atoms. The zero-order valence-corrected chi connectivity index (χ0v) is 19.6. The van der Waals surface area contributed by atoms with Crippen molar-refractivity contribution in [2.75, 3.05) is 5.32 Å². The molecular formula is C34H23NO. The van der Waals surface area contributed by atoms with Crippen LogP contribution in [-0.4, -0.2) is 0 Å². The molecule has 1 N–H and O–H groups in total. The Labute approximate surface area is 209 Å². The summed E-state index contributed by atoms with van der Waals surface area (Å²) in [7, 11) is 0. The Balaban J connectivity index is 1.28. The largest absolute Gasteiger partial charge is 0.455 e. The number of benzene rings is 6. The highest BCUT2D eigenvalue weighted by Crippen LogP contribution is 2.39. The van der Waals surface area contributed by atoms with Crippen molar-refractivity contribution in [2.45, 2.75) is 0 Å². The summed E-state index contributed by atoms with van der Waals surface area (Å²) < 4.78 is 6.32. The van der Waals surface area contributed by atoms with Gasteiger partial charge in [0.2, 0.25) is 0 Å². The standard InChI is InChI=1S/C34H23NO/c1-2-9-23(10-3-1)24-11-6-13-26(21-24)35-27-19-20-28-25(22-27)12-7-15-29(28)31-16-8-17-32-30-14-4-5-18-33(30)36-34(31)32/h1-22,35H. The van der Waals surface area contributed by atoms with Crippen LogP contribution in [0.5, 0.6) is 0 Å². The zero-order chi connectivity index (χ0) is 23.9. The smallest absolute Gasteiger partial charge is 0.143 e. The summed E-state index contributed by atoms with van der Waals surface area (Å²) in [5.74, 6) is 0. The summed E-state index contributed by atoms with van der Waals surface area (Å²) >= 11 is 0. The zero-order valence-electron chi connectivity index (χ0n) is 19.6. The van der Waals surface area contributed by atoms with E-state index in [0.717, 1.165) is 38.9 Å². The lowest BCUT2D eigenvalue weighted by molar-refractivity contribution is 0.670. The Kier molecular flexibility index (Phi) is 4.82. The van der Waals surface area contributed by atoms with Crippen molar-refractivity contribution in [3.63, 3.8) is 0 Å². The summed E-state index contributed by atoms with van der Waals surface area (Å²) in [6.07, 6.45) is 0. The molecule has 1 aromatic heterocycles. The van der Waals surface area contributed by atoms with Gasteiger partial charge < -0.3 is 9.73 Å². The predicted octanol–water partition coefficient (Wildman–Crippen LogP) is 9.82. The third kappa shape index (κ3) is 3.52. The van der Waals surface area contributed by atoms with Gasteiger partial charge in [-0.05, 0) is 57.8 Å². The molecule has 7 rings (SSSR count). The third-order valence-electron chi connectivity index (χ3n) is 6.83. The third-order valence-corrected chi connectivity index (χ3v) is 6.83. The molecule has 0 atom stereocenters. The molecule has 0 unspecified atom stereocenters. The fourth-order valence-corrected chi connectivity index (χ4v) is 5.13. The molecule has 0 aliphatic heterocycles. The SMILES string of the molecule is c1ccc(-c2cccc(Nc3ccc4c(-c5cccc6c5oc5ccccc56)cccc4c3)c2)cc1. The molecule has 6 aromatic carbocycles. The first-order valence-corrected chi connectivity index (χ1v) is 12.2. The molecule has 36 heavy (non-hydrogen) atoms. The van der Waals surface area contributed by atoms with E-state index in [2.05, 4.69) is 121 Å². The van der Waals surface area contributed by atoms with Gasteiger partial charge in [0.05, 0.1) is 0 Å². The number of fused-ring (bicyclic) bond motifs is 4. The molecule has 0 radical (unpaired) electrons. The second-order valence-electron chi connectivity index (χ2n) is 9.09. The van der Waals surface area contributed by atoms with Crippen LogP contribution in [0.3, 0.4) is 0 Å². The number of anilines is 2. The minimum atomic E-state index is 0.921. The van der Waals surface area contributed by atoms with Crippen LogP contribution >= 0.6 is 0 Å².